The molecule has 7 rings (SSSR count). The SMILES string of the molecule is C[C@H]1O[C@H](O[C@H]2[C@@H](O[C@@H]3C[C@@]4(C)[C@@H](C[C@H](O)[C@H]5[C@H]([C@@]6(C)CC[C@@H](C(C)(C)O)O6)CC[C@@]54C)[C@]4(C)CC[C@@H](O)C(C)(C)[C@@H]34)O[C@@H](CO)[C@H](O)[C@H]2O)[C@@H](O)[C@@H](O)[C@@H]1O. The molecule has 0 aromatic rings. The van der Waals surface area contributed by atoms with Gasteiger partial charge in [-0.1, -0.05) is 34.6 Å². The number of aliphatic hydroxyl groups excluding tert-OH is 8. The Hall–Kier alpha value is -0.560. The molecule has 324 valence electrons. The van der Waals surface area contributed by atoms with Crippen molar-refractivity contribution in [3.63, 3.8) is 0 Å². The number of fused-ring (bicyclic) bond motifs is 5. The van der Waals surface area contributed by atoms with Gasteiger partial charge in [0.15, 0.2) is 12.6 Å². The number of rotatable bonds is 7. The summed E-state index contributed by atoms with van der Waals surface area (Å²) in [5, 5.41) is 99.5. The van der Waals surface area contributed by atoms with Crippen molar-refractivity contribution in [1.29, 1.82) is 0 Å². The highest BCUT2D eigenvalue weighted by Crippen LogP contribution is 2.76. The Kier molecular flexibility index (Phi) is 11.3. The van der Waals surface area contributed by atoms with Crippen LogP contribution < -0.4 is 0 Å². The normalized spacial score (nSPS) is 57.3. The van der Waals surface area contributed by atoms with Crippen molar-refractivity contribution >= 4 is 0 Å². The molecule has 0 radical (unpaired) electrons. The lowest BCUT2D eigenvalue weighted by molar-refractivity contribution is -0.382. The molecule has 0 amide bonds. The van der Waals surface area contributed by atoms with E-state index in [1.165, 1.54) is 6.92 Å². The van der Waals surface area contributed by atoms with Crippen LogP contribution in [0, 0.1) is 45.3 Å². The first-order valence-electron chi connectivity index (χ1n) is 21.2. The zero-order valence-corrected chi connectivity index (χ0v) is 34.8. The summed E-state index contributed by atoms with van der Waals surface area (Å²) in [4.78, 5) is 0. The van der Waals surface area contributed by atoms with Crippen molar-refractivity contribution in [2.75, 3.05) is 6.61 Å². The monoisotopic (exact) mass is 800 g/mol. The Balaban J connectivity index is 1.26. The van der Waals surface area contributed by atoms with Gasteiger partial charge >= 0.3 is 0 Å². The molecule has 4 aliphatic carbocycles. The van der Waals surface area contributed by atoms with E-state index >= 15 is 0 Å². The maximum atomic E-state index is 12.4. The lowest BCUT2D eigenvalue weighted by Crippen LogP contribution is -2.71. The smallest absolute Gasteiger partial charge is 0.187 e. The summed E-state index contributed by atoms with van der Waals surface area (Å²) in [5.74, 6) is -0.246. The van der Waals surface area contributed by atoms with Crippen LogP contribution in [0.25, 0.3) is 0 Å². The minimum absolute atomic E-state index is 0.0557. The maximum Gasteiger partial charge on any atom is 0.187 e. The fourth-order valence-electron chi connectivity index (χ4n) is 14.1. The van der Waals surface area contributed by atoms with Gasteiger partial charge in [-0.3, -0.25) is 0 Å². The van der Waals surface area contributed by atoms with Gasteiger partial charge in [-0.15, -0.1) is 0 Å². The van der Waals surface area contributed by atoms with Crippen LogP contribution in [0.2, 0.25) is 0 Å². The van der Waals surface area contributed by atoms with Gasteiger partial charge in [0, 0.05) is 0 Å². The minimum Gasteiger partial charge on any atom is -0.394 e. The van der Waals surface area contributed by atoms with Crippen molar-refractivity contribution in [3.8, 4) is 0 Å². The zero-order chi connectivity index (χ0) is 41.3. The van der Waals surface area contributed by atoms with Crippen molar-refractivity contribution in [2.45, 2.75) is 211 Å². The average Bonchev–Trinajstić information content (AvgIpc) is 3.71. The second kappa shape index (κ2) is 14.5. The second-order valence-electron chi connectivity index (χ2n) is 21.2. The van der Waals surface area contributed by atoms with Gasteiger partial charge in [0.25, 0.3) is 0 Å². The molecular formula is C42H72O14. The predicted molar refractivity (Wildman–Crippen MR) is 200 cm³/mol. The molecule has 3 saturated heterocycles. The first-order valence-corrected chi connectivity index (χ1v) is 21.2. The molecule has 9 N–H and O–H groups in total. The van der Waals surface area contributed by atoms with Crippen LogP contribution in [0.3, 0.4) is 0 Å². The Morgan fingerprint density at radius 2 is 1.41 bits per heavy atom. The van der Waals surface area contributed by atoms with Crippen LogP contribution in [0.15, 0.2) is 0 Å². The molecule has 7 fully saturated rings. The molecule has 4 saturated carbocycles. The van der Waals surface area contributed by atoms with Crippen LogP contribution in [0.1, 0.15) is 114 Å². The fraction of sp³-hybridized carbons (Fsp3) is 1.00. The molecule has 3 aliphatic heterocycles. The van der Waals surface area contributed by atoms with Gasteiger partial charge in [-0.25, -0.2) is 0 Å². The van der Waals surface area contributed by atoms with Crippen LogP contribution >= 0.6 is 0 Å². The van der Waals surface area contributed by atoms with E-state index in [4.69, 9.17) is 23.7 Å². The van der Waals surface area contributed by atoms with E-state index < -0.39 is 114 Å². The second-order valence-corrected chi connectivity index (χ2v) is 21.2. The third kappa shape index (κ3) is 6.49. The van der Waals surface area contributed by atoms with E-state index in [1.807, 2.05) is 0 Å². The standard InChI is InChI=1S/C42H72O14/c1-19-28(46)30(48)32(50)35(52-19)55-33-31(49)29(47)23(18-43)54-36(33)53-22-17-41(8)24(39(6)13-11-25(45)37(2,3)34(22)39)16-21(44)27-20(10-14-40(27,41)7)42(9)15-12-26(56-42)38(4,5)51/h19-36,43-51H,10-18H2,1-9H3/t19-,20-,21+,22-,23+,24+,25-,26+,27-,28-,29+,30+,31-,32+,33-,34-,35-,36+,39+,40+,41+,42-/m1/s1. The van der Waals surface area contributed by atoms with Crippen molar-refractivity contribution in [1.82, 2.24) is 0 Å². The van der Waals surface area contributed by atoms with Crippen LogP contribution in [-0.4, -0.2) is 150 Å². The molecule has 14 nitrogen and oxygen atoms in total. The largest absolute Gasteiger partial charge is 0.394 e. The van der Waals surface area contributed by atoms with Gasteiger partial charge in [-0.2, -0.15) is 0 Å². The average molecular weight is 801 g/mol. The van der Waals surface area contributed by atoms with Gasteiger partial charge in [0.2, 0.25) is 0 Å². The third-order valence-corrected chi connectivity index (χ3v) is 17.3. The van der Waals surface area contributed by atoms with Crippen molar-refractivity contribution in [2.24, 2.45) is 45.3 Å². The highest BCUT2D eigenvalue weighted by molar-refractivity contribution is 5.22. The molecule has 3 heterocycles. The molecule has 14 heteroatoms. The molecule has 0 bridgehead atoms. The molecule has 0 aromatic heterocycles. The summed E-state index contributed by atoms with van der Waals surface area (Å²) in [6, 6.07) is 0. The summed E-state index contributed by atoms with van der Waals surface area (Å²) in [5.41, 5.74) is -3.36. The van der Waals surface area contributed by atoms with E-state index in [0.717, 1.165) is 25.7 Å². The topological polar surface area (TPSA) is 228 Å². The fourth-order valence-corrected chi connectivity index (χ4v) is 14.1. The van der Waals surface area contributed by atoms with Crippen LogP contribution in [0.4, 0.5) is 0 Å². The highest BCUT2D eigenvalue weighted by Gasteiger charge is 2.74. The Morgan fingerprint density at radius 1 is 0.732 bits per heavy atom. The quantitative estimate of drug-likeness (QED) is 0.166. The van der Waals surface area contributed by atoms with Crippen molar-refractivity contribution < 1.29 is 69.6 Å². The first-order chi connectivity index (χ1) is 25.9. The lowest BCUT2D eigenvalue weighted by atomic mass is 9.34. The number of aliphatic hydroxyl groups is 9. The first kappa shape index (κ1) is 43.5. The van der Waals surface area contributed by atoms with E-state index in [1.54, 1.807) is 13.8 Å². The molecular weight excluding hydrogens is 728 g/mol. The Morgan fingerprint density at radius 3 is 2.04 bits per heavy atom. The van der Waals surface area contributed by atoms with Gasteiger partial charge in [0.05, 0.1) is 48.3 Å². The summed E-state index contributed by atoms with van der Waals surface area (Å²) < 4.78 is 32.0. The molecule has 0 aromatic carbocycles. The summed E-state index contributed by atoms with van der Waals surface area (Å²) in [7, 11) is 0. The predicted octanol–water partition coefficient (Wildman–Crippen LogP) is 1.36. The summed E-state index contributed by atoms with van der Waals surface area (Å²) >= 11 is 0. The van der Waals surface area contributed by atoms with E-state index in [9.17, 15) is 46.0 Å². The molecule has 7 aliphatic rings. The van der Waals surface area contributed by atoms with Crippen molar-refractivity contribution in [3.05, 3.63) is 0 Å². The Bertz CT molecular complexity index is 1430. The zero-order valence-electron chi connectivity index (χ0n) is 34.8. The number of ether oxygens (including phenoxy) is 5. The molecule has 0 unspecified atom stereocenters. The maximum absolute atomic E-state index is 12.4. The van der Waals surface area contributed by atoms with Crippen LogP contribution in [-0.2, 0) is 23.7 Å². The third-order valence-electron chi connectivity index (χ3n) is 17.3. The highest BCUT2D eigenvalue weighted by atomic mass is 16.8. The van der Waals surface area contributed by atoms with E-state index in [2.05, 4.69) is 41.5 Å². The molecule has 0 spiro atoms. The number of hydrogen-bond donors (Lipinski definition) is 9. The lowest BCUT2D eigenvalue weighted by Gasteiger charge is -2.72. The van der Waals surface area contributed by atoms with Crippen LogP contribution in [0.5, 0.6) is 0 Å². The molecule has 56 heavy (non-hydrogen) atoms. The Labute approximate surface area is 331 Å². The number of hydrogen-bond acceptors (Lipinski definition) is 14. The summed E-state index contributed by atoms with van der Waals surface area (Å²) in [6.07, 6.45) is -11.0. The minimum atomic E-state index is -1.70. The molecule has 22 atom stereocenters. The van der Waals surface area contributed by atoms with E-state index in [0.29, 0.717) is 25.7 Å². The van der Waals surface area contributed by atoms with E-state index in [-0.39, 0.29) is 35.2 Å². The van der Waals surface area contributed by atoms with Gasteiger partial charge < -0.3 is 69.6 Å². The van der Waals surface area contributed by atoms with Gasteiger partial charge in [0.1, 0.15) is 42.7 Å². The summed E-state index contributed by atoms with van der Waals surface area (Å²) in [6.45, 7) is 17.6. The van der Waals surface area contributed by atoms with Gasteiger partial charge in [-0.05, 0) is 124 Å².